The van der Waals surface area contributed by atoms with Crippen molar-refractivity contribution in [1.82, 2.24) is 4.90 Å². The van der Waals surface area contributed by atoms with Gasteiger partial charge in [0.15, 0.2) is 0 Å². The molecule has 1 saturated heterocycles. The molecule has 1 aliphatic heterocycles. The van der Waals surface area contributed by atoms with E-state index in [1.165, 1.54) is 43.4 Å². The van der Waals surface area contributed by atoms with Crippen LogP contribution in [0, 0.1) is 5.82 Å². The lowest BCUT2D eigenvalue weighted by Gasteiger charge is -2.25. The average Bonchev–Trinajstić information content (AvgIpc) is 3.16. The Morgan fingerprint density at radius 2 is 1.78 bits per heavy atom. The lowest BCUT2D eigenvalue weighted by Crippen LogP contribution is -2.32. The molecule has 3 aromatic rings. The summed E-state index contributed by atoms with van der Waals surface area (Å²) in [5.41, 5.74) is 1.38. The highest BCUT2D eigenvalue weighted by molar-refractivity contribution is 6.47. The van der Waals surface area contributed by atoms with Crippen molar-refractivity contribution in [3.8, 4) is 11.5 Å². The molecule has 1 amide bonds. The molecule has 0 radical (unpaired) electrons. The number of ether oxygens (including phenoxy) is 3. The van der Waals surface area contributed by atoms with Crippen molar-refractivity contribution in [3.63, 3.8) is 0 Å². The molecule has 0 aromatic heterocycles. The van der Waals surface area contributed by atoms with Gasteiger partial charge in [0.1, 0.15) is 29.7 Å². The summed E-state index contributed by atoms with van der Waals surface area (Å²) in [6.07, 6.45) is 0. The standard InChI is InChI=1S/C28H25ClFNO6/c1-35-13-12-31-25(18-4-3-5-21(14-18)37-16-17-6-8-19(30)9-7-17)24(27(33)28(31)34)26(32)22-15-20(36-2)10-11-23(22)29/h3-11,14-15,25,32H,12-13,16H2,1-2H3/b26-24+. The molecule has 9 heteroatoms. The smallest absolute Gasteiger partial charge is 0.295 e. The first-order valence-electron chi connectivity index (χ1n) is 11.4. The van der Waals surface area contributed by atoms with E-state index in [0.29, 0.717) is 17.1 Å². The van der Waals surface area contributed by atoms with E-state index in [2.05, 4.69) is 0 Å². The minimum absolute atomic E-state index is 0.105. The number of hydrogen-bond donors (Lipinski definition) is 1. The summed E-state index contributed by atoms with van der Waals surface area (Å²) < 4.78 is 29.5. The number of benzene rings is 3. The van der Waals surface area contributed by atoms with Gasteiger partial charge < -0.3 is 24.2 Å². The number of halogens is 2. The van der Waals surface area contributed by atoms with Crippen molar-refractivity contribution in [1.29, 1.82) is 0 Å². The van der Waals surface area contributed by atoms with Crippen LogP contribution in [0.25, 0.3) is 5.76 Å². The van der Waals surface area contributed by atoms with Crippen LogP contribution in [0.1, 0.15) is 22.7 Å². The maximum Gasteiger partial charge on any atom is 0.295 e. The van der Waals surface area contributed by atoms with Crippen molar-refractivity contribution in [2.45, 2.75) is 12.6 Å². The summed E-state index contributed by atoms with van der Waals surface area (Å²) in [6, 6.07) is 16.6. The second kappa shape index (κ2) is 11.5. The Hall–Kier alpha value is -3.88. The number of aliphatic hydroxyl groups excluding tert-OH is 1. The average molecular weight is 526 g/mol. The molecular weight excluding hydrogens is 501 g/mol. The van der Waals surface area contributed by atoms with Crippen molar-refractivity contribution in [2.75, 3.05) is 27.4 Å². The van der Waals surface area contributed by atoms with E-state index in [-0.39, 0.29) is 41.7 Å². The number of likely N-dealkylation sites (tertiary alicyclic amines) is 1. The van der Waals surface area contributed by atoms with Crippen LogP contribution in [0.5, 0.6) is 11.5 Å². The topological polar surface area (TPSA) is 85.3 Å². The van der Waals surface area contributed by atoms with Gasteiger partial charge in [0.2, 0.25) is 0 Å². The van der Waals surface area contributed by atoms with Crippen LogP contribution in [0.3, 0.4) is 0 Å². The Balaban J connectivity index is 1.75. The SMILES string of the molecule is COCCN1C(=O)C(=O)/C(=C(/O)c2cc(OC)ccc2Cl)C1c1cccc(OCc2ccc(F)cc2)c1. The van der Waals surface area contributed by atoms with Gasteiger partial charge in [0.05, 0.1) is 30.4 Å². The van der Waals surface area contributed by atoms with Gasteiger partial charge in [-0.1, -0.05) is 35.9 Å². The van der Waals surface area contributed by atoms with Crippen molar-refractivity contribution in [2.24, 2.45) is 0 Å². The number of Topliss-reactive ketones (excluding diaryl/α,β-unsaturated/α-hetero) is 1. The summed E-state index contributed by atoms with van der Waals surface area (Å²) in [5, 5.41) is 11.5. The van der Waals surface area contributed by atoms with E-state index in [1.54, 1.807) is 42.5 Å². The van der Waals surface area contributed by atoms with Crippen LogP contribution >= 0.6 is 11.6 Å². The summed E-state index contributed by atoms with van der Waals surface area (Å²) in [4.78, 5) is 27.6. The molecule has 1 N–H and O–H groups in total. The molecule has 4 rings (SSSR count). The zero-order valence-corrected chi connectivity index (χ0v) is 21.0. The number of methoxy groups -OCH3 is 2. The maximum absolute atomic E-state index is 13.2. The number of carbonyl (C=O) groups is 2. The first kappa shape index (κ1) is 26.2. The van der Waals surface area contributed by atoms with Crippen LogP contribution in [0.2, 0.25) is 5.02 Å². The zero-order valence-electron chi connectivity index (χ0n) is 20.2. The first-order valence-corrected chi connectivity index (χ1v) is 11.8. The monoisotopic (exact) mass is 525 g/mol. The predicted molar refractivity (Wildman–Crippen MR) is 136 cm³/mol. The number of aliphatic hydroxyl groups is 1. The number of hydrogen-bond acceptors (Lipinski definition) is 6. The van der Waals surface area contributed by atoms with Crippen LogP contribution in [-0.2, 0) is 20.9 Å². The Labute approximate surface area is 218 Å². The molecule has 0 aliphatic carbocycles. The molecule has 1 aliphatic rings. The molecule has 0 bridgehead atoms. The Morgan fingerprint density at radius 3 is 2.49 bits per heavy atom. The minimum Gasteiger partial charge on any atom is -0.507 e. The molecule has 0 spiro atoms. The molecular formula is C28H25ClFNO6. The van der Waals surface area contributed by atoms with E-state index in [0.717, 1.165) is 5.56 Å². The molecule has 7 nitrogen and oxygen atoms in total. The van der Waals surface area contributed by atoms with Gasteiger partial charge in [-0.15, -0.1) is 0 Å². The van der Waals surface area contributed by atoms with Gasteiger partial charge in [-0.25, -0.2) is 4.39 Å². The highest BCUT2D eigenvalue weighted by Gasteiger charge is 2.46. The quantitative estimate of drug-likeness (QED) is 0.237. The van der Waals surface area contributed by atoms with E-state index < -0.39 is 23.5 Å². The summed E-state index contributed by atoms with van der Waals surface area (Å²) in [5.74, 6) is -1.46. The Bertz CT molecular complexity index is 1340. The fraction of sp³-hybridized carbons (Fsp3) is 0.214. The van der Waals surface area contributed by atoms with Crippen LogP contribution < -0.4 is 9.47 Å². The van der Waals surface area contributed by atoms with E-state index in [4.69, 9.17) is 25.8 Å². The van der Waals surface area contributed by atoms with E-state index in [9.17, 15) is 19.1 Å². The molecule has 1 atom stereocenters. The van der Waals surface area contributed by atoms with Gasteiger partial charge >= 0.3 is 0 Å². The third-order valence-electron chi connectivity index (χ3n) is 6.00. The lowest BCUT2D eigenvalue weighted by atomic mass is 9.95. The summed E-state index contributed by atoms with van der Waals surface area (Å²) >= 11 is 6.34. The fourth-order valence-electron chi connectivity index (χ4n) is 4.13. The number of nitrogens with zero attached hydrogens (tertiary/aromatic N) is 1. The van der Waals surface area contributed by atoms with Crippen molar-refractivity contribution < 1.29 is 33.3 Å². The third kappa shape index (κ3) is 5.60. The van der Waals surface area contributed by atoms with Crippen molar-refractivity contribution >= 4 is 29.1 Å². The fourth-order valence-corrected chi connectivity index (χ4v) is 4.33. The minimum atomic E-state index is -0.910. The van der Waals surface area contributed by atoms with Gasteiger partial charge in [-0.3, -0.25) is 9.59 Å². The van der Waals surface area contributed by atoms with E-state index in [1.807, 2.05) is 0 Å². The van der Waals surface area contributed by atoms with Crippen LogP contribution in [-0.4, -0.2) is 49.1 Å². The molecule has 1 heterocycles. The molecule has 3 aromatic carbocycles. The van der Waals surface area contributed by atoms with Crippen LogP contribution in [0.15, 0.2) is 72.3 Å². The Kier molecular flexibility index (Phi) is 8.11. The van der Waals surface area contributed by atoms with Gasteiger partial charge in [-0.05, 0) is 53.6 Å². The highest BCUT2D eigenvalue weighted by Crippen LogP contribution is 2.41. The third-order valence-corrected chi connectivity index (χ3v) is 6.33. The van der Waals surface area contributed by atoms with Gasteiger partial charge in [-0.2, -0.15) is 0 Å². The highest BCUT2D eigenvalue weighted by atomic mass is 35.5. The normalized spacial score (nSPS) is 16.8. The number of ketones is 1. The lowest BCUT2D eigenvalue weighted by molar-refractivity contribution is -0.140. The number of amides is 1. The molecule has 1 unspecified atom stereocenters. The summed E-state index contributed by atoms with van der Waals surface area (Å²) in [7, 11) is 2.96. The Morgan fingerprint density at radius 1 is 1.03 bits per heavy atom. The molecule has 192 valence electrons. The van der Waals surface area contributed by atoms with Crippen LogP contribution in [0.4, 0.5) is 4.39 Å². The number of rotatable bonds is 9. The maximum atomic E-state index is 13.2. The van der Waals surface area contributed by atoms with Gasteiger partial charge in [0, 0.05) is 19.2 Å². The van der Waals surface area contributed by atoms with E-state index >= 15 is 0 Å². The summed E-state index contributed by atoms with van der Waals surface area (Å²) in [6.45, 7) is 0.492. The second-order valence-electron chi connectivity index (χ2n) is 8.32. The largest absolute Gasteiger partial charge is 0.507 e. The molecule has 37 heavy (non-hydrogen) atoms. The van der Waals surface area contributed by atoms with Crippen molar-refractivity contribution in [3.05, 3.63) is 99.8 Å². The number of carbonyl (C=O) groups excluding carboxylic acids is 2. The second-order valence-corrected chi connectivity index (χ2v) is 8.73. The zero-order chi connectivity index (χ0) is 26.5. The molecule has 0 saturated carbocycles. The predicted octanol–water partition coefficient (Wildman–Crippen LogP) is 5.13. The molecule has 1 fully saturated rings. The van der Waals surface area contributed by atoms with Gasteiger partial charge in [0.25, 0.3) is 11.7 Å². The first-order chi connectivity index (χ1) is 17.8.